The Kier molecular flexibility index (Phi) is 7.05. The molecular formula is C18H29N3O2S. The lowest BCUT2D eigenvalue weighted by Gasteiger charge is -2.34. The Morgan fingerprint density at radius 3 is 2.67 bits per heavy atom. The molecule has 0 unspecified atom stereocenters. The zero-order chi connectivity index (χ0) is 16.6. The number of carbonyl (C=O) groups excluding carboxylic acids is 1. The molecule has 5 nitrogen and oxygen atoms in total. The maximum absolute atomic E-state index is 12.9. The van der Waals surface area contributed by atoms with E-state index in [0.717, 1.165) is 45.6 Å². The van der Waals surface area contributed by atoms with Gasteiger partial charge in [0, 0.05) is 31.2 Å². The van der Waals surface area contributed by atoms with E-state index in [-0.39, 0.29) is 5.91 Å². The second kappa shape index (κ2) is 9.49. The van der Waals surface area contributed by atoms with Gasteiger partial charge in [-0.25, -0.2) is 4.98 Å². The number of rotatable bonds is 6. The fraction of sp³-hybridized carbons (Fsp3) is 0.778. The molecule has 2 fully saturated rings. The van der Waals surface area contributed by atoms with Crippen LogP contribution in [-0.2, 0) is 4.74 Å². The van der Waals surface area contributed by atoms with Gasteiger partial charge < -0.3 is 14.5 Å². The Bertz CT molecular complexity index is 480. The molecule has 0 spiro atoms. The predicted molar refractivity (Wildman–Crippen MR) is 96.5 cm³/mol. The smallest absolute Gasteiger partial charge is 0.273 e. The molecule has 0 atom stereocenters. The van der Waals surface area contributed by atoms with Gasteiger partial charge >= 0.3 is 0 Å². The molecule has 2 saturated heterocycles. The number of likely N-dealkylation sites (tertiary alicyclic amines) is 1. The summed E-state index contributed by atoms with van der Waals surface area (Å²) in [7, 11) is 0. The first kappa shape index (κ1) is 17.8. The minimum absolute atomic E-state index is 0.0963. The van der Waals surface area contributed by atoms with Crippen LogP contribution in [0, 0.1) is 0 Å². The van der Waals surface area contributed by atoms with Crippen molar-refractivity contribution in [2.24, 2.45) is 0 Å². The van der Waals surface area contributed by atoms with Gasteiger partial charge in [0.15, 0.2) is 0 Å². The third kappa shape index (κ3) is 5.01. The number of aromatic nitrogens is 1. The van der Waals surface area contributed by atoms with Crippen LogP contribution in [0.15, 0.2) is 10.9 Å². The van der Waals surface area contributed by atoms with Gasteiger partial charge in [-0.05, 0) is 51.7 Å². The highest BCUT2D eigenvalue weighted by molar-refractivity contribution is 7.07. The second-order valence-corrected chi connectivity index (χ2v) is 7.54. The van der Waals surface area contributed by atoms with Crippen LogP contribution in [-0.4, -0.2) is 66.1 Å². The van der Waals surface area contributed by atoms with Gasteiger partial charge in [0.05, 0.1) is 5.51 Å². The highest BCUT2D eigenvalue weighted by Gasteiger charge is 2.27. The number of carbonyl (C=O) groups is 1. The monoisotopic (exact) mass is 351 g/mol. The summed E-state index contributed by atoms with van der Waals surface area (Å²) in [6.45, 7) is 5.89. The van der Waals surface area contributed by atoms with E-state index in [2.05, 4.69) is 14.8 Å². The Morgan fingerprint density at radius 1 is 1.25 bits per heavy atom. The van der Waals surface area contributed by atoms with Crippen LogP contribution in [0.5, 0.6) is 0 Å². The number of hydrogen-bond acceptors (Lipinski definition) is 5. The number of ether oxygens (including phenoxy) is 1. The highest BCUT2D eigenvalue weighted by atomic mass is 32.1. The van der Waals surface area contributed by atoms with E-state index >= 15 is 0 Å². The Balaban J connectivity index is 1.56. The molecule has 2 aliphatic rings. The first-order valence-electron chi connectivity index (χ1n) is 9.34. The van der Waals surface area contributed by atoms with E-state index in [0.29, 0.717) is 11.7 Å². The molecule has 24 heavy (non-hydrogen) atoms. The van der Waals surface area contributed by atoms with Crippen molar-refractivity contribution in [1.82, 2.24) is 14.8 Å². The Hall–Kier alpha value is -0.980. The van der Waals surface area contributed by atoms with Crippen molar-refractivity contribution in [3.63, 3.8) is 0 Å². The largest absolute Gasteiger partial charge is 0.381 e. The minimum atomic E-state index is 0.0963. The molecule has 1 amide bonds. The van der Waals surface area contributed by atoms with E-state index in [1.54, 1.807) is 5.51 Å². The minimum Gasteiger partial charge on any atom is -0.381 e. The molecule has 3 heterocycles. The van der Waals surface area contributed by atoms with Gasteiger partial charge in [-0.15, -0.1) is 11.3 Å². The molecule has 2 aliphatic heterocycles. The van der Waals surface area contributed by atoms with Crippen molar-refractivity contribution < 1.29 is 9.53 Å². The molecule has 0 aromatic carbocycles. The zero-order valence-corrected chi connectivity index (χ0v) is 15.3. The number of thiazole rings is 1. The highest BCUT2D eigenvalue weighted by Crippen LogP contribution is 2.18. The van der Waals surface area contributed by atoms with Gasteiger partial charge in [0.1, 0.15) is 5.69 Å². The van der Waals surface area contributed by atoms with Crippen LogP contribution in [0.3, 0.4) is 0 Å². The summed E-state index contributed by atoms with van der Waals surface area (Å²) in [5.74, 6) is 0.0963. The molecule has 6 heteroatoms. The quantitative estimate of drug-likeness (QED) is 0.790. The van der Waals surface area contributed by atoms with E-state index in [1.807, 2.05) is 5.38 Å². The third-order valence-corrected chi connectivity index (χ3v) is 5.70. The van der Waals surface area contributed by atoms with E-state index in [9.17, 15) is 4.79 Å². The topological polar surface area (TPSA) is 45.7 Å². The molecule has 0 saturated carbocycles. The summed E-state index contributed by atoms with van der Waals surface area (Å²) < 4.78 is 5.47. The molecule has 1 aromatic rings. The van der Waals surface area contributed by atoms with Crippen molar-refractivity contribution in [2.45, 2.75) is 51.0 Å². The number of hydrogen-bond donors (Lipinski definition) is 0. The predicted octanol–water partition coefficient (Wildman–Crippen LogP) is 3.03. The molecule has 0 N–H and O–H groups in total. The van der Waals surface area contributed by atoms with Crippen LogP contribution < -0.4 is 0 Å². The van der Waals surface area contributed by atoms with E-state index in [4.69, 9.17) is 4.74 Å². The van der Waals surface area contributed by atoms with Crippen molar-refractivity contribution in [1.29, 1.82) is 0 Å². The van der Waals surface area contributed by atoms with Gasteiger partial charge in [0.2, 0.25) is 0 Å². The molecule has 134 valence electrons. The average Bonchev–Trinajstić information content (AvgIpc) is 3.04. The van der Waals surface area contributed by atoms with Crippen molar-refractivity contribution in [3.8, 4) is 0 Å². The maximum Gasteiger partial charge on any atom is 0.273 e. The summed E-state index contributed by atoms with van der Waals surface area (Å²) in [5, 5.41) is 1.86. The van der Waals surface area contributed by atoms with Crippen LogP contribution in [0.2, 0.25) is 0 Å². The van der Waals surface area contributed by atoms with E-state index < -0.39 is 0 Å². The standard InChI is InChI=1S/C18H29N3O2S/c22-18(17-14-24-15-19-17)21(16-6-12-23-13-7-16)11-5-10-20-8-3-1-2-4-9-20/h14-16H,1-13H2. The van der Waals surface area contributed by atoms with E-state index in [1.165, 1.54) is 50.1 Å². The zero-order valence-electron chi connectivity index (χ0n) is 14.5. The van der Waals surface area contributed by atoms with Crippen molar-refractivity contribution in [2.75, 3.05) is 39.4 Å². The lowest BCUT2D eigenvalue weighted by molar-refractivity contribution is 0.0277. The Labute approximate surface area is 149 Å². The van der Waals surface area contributed by atoms with Crippen LogP contribution >= 0.6 is 11.3 Å². The second-order valence-electron chi connectivity index (χ2n) is 6.83. The normalized spacial score (nSPS) is 20.7. The van der Waals surface area contributed by atoms with Crippen LogP contribution in [0.4, 0.5) is 0 Å². The summed E-state index contributed by atoms with van der Waals surface area (Å²) in [6.07, 6.45) is 8.31. The molecule has 3 rings (SSSR count). The maximum atomic E-state index is 12.9. The fourth-order valence-electron chi connectivity index (χ4n) is 3.74. The van der Waals surface area contributed by atoms with Crippen molar-refractivity contribution >= 4 is 17.2 Å². The summed E-state index contributed by atoms with van der Waals surface area (Å²) >= 11 is 1.49. The molecule has 0 bridgehead atoms. The third-order valence-electron chi connectivity index (χ3n) is 5.12. The molecule has 0 aliphatic carbocycles. The lowest BCUT2D eigenvalue weighted by Crippen LogP contribution is -2.44. The Morgan fingerprint density at radius 2 is 2.00 bits per heavy atom. The average molecular weight is 352 g/mol. The first-order valence-corrected chi connectivity index (χ1v) is 10.3. The lowest BCUT2D eigenvalue weighted by atomic mass is 10.1. The SMILES string of the molecule is O=C(c1cscn1)N(CCCN1CCCCCC1)C1CCOCC1. The van der Waals surface area contributed by atoms with Crippen molar-refractivity contribution in [3.05, 3.63) is 16.6 Å². The summed E-state index contributed by atoms with van der Waals surface area (Å²) in [5.41, 5.74) is 2.34. The molecular weight excluding hydrogens is 322 g/mol. The molecule has 0 radical (unpaired) electrons. The number of nitrogens with zero attached hydrogens (tertiary/aromatic N) is 3. The van der Waals surface area contributed by atoms with Gasteiger partial charge in [-0.3, -0.25) is 4.79 Å². The number of amides is 1. The summed E-state index contributed by atoms with van der Waals surface area (Å²) in [6, 6.07) is 0.303. The van der Waals surface area contributed by atoms with Gasteiger partial charge in [-0.2, -0.15) is 0 Å². The van der Waals surface area contributed by atoms with Gasteiger partial charge in [0.25, 0.3) is 5.91 Å². The van der Waals surface area contributed by atoms with Crippen LogP contribution in [0.25, 0.3) is 0 Å². The molecule has 1 aromatic heterocycles. The first-order chi connectivity index (χ1) is 11.8. The summed E-state index contributed by atoms with van der Waals surface area (Å²) in [4.78, 5) is 21.7. The van der Waals surface area contributed by atoms with Crippen LogP contribution in [0.1, 0.15) is 55.4 Å². The van der Waals surface area contributed by atoms with Gasteiger partial charge in [-0.1, -0.05) is 12.8 Å². The fourth-order valence-corrected chi connectivity index (χ4v) is 4.26.